The Hall–Kier alpha value is -0.0700. The van der Waals surface area contributed by atoms with Crippen LogP contribution in [-0.4, -0.2) is 23.7 Å². The number of thiophene rings is 1. The van der Waals surface area contributed by atoms with Crippen molar-refractivity contribution < 1.29 is 4.74 Å². The molecule has 2 saturated heterocycles. The van der Waals surface area contributed by atoms with Crippen LogP contribution in [0.15, 0.2) is 11.4 Å². The minimum absolute atomic E-state index is 0.131. The van der Waals surface area contributed by atoms with Crippen LogP contribution in [-0.2, 0) is 11.2 Å². The third-order valence-corrected chi connectivity index (χ3v) is 6.96. The minimum Gasteiger partial charge on any atom is -0.374 e. The number of nitrogens with two attached hydrogens (primary N) is 1. The van der Waals surface area contributed by atoms with Gasteiger partial charge >= 0.3 is 0 Å². The van der Waals surface area contributed by atoms with Crippen LogP contribution >= 0.6 is 23.1 Å². The zero-order valence-electron chi connectivity index (χ0n) is 12.1. The smallest absolute Gasteiger partial charge is 0.0783 e. The molecule has 3 N–H and O–H groups in total. The Morgan fingerprint density at radius 1 is 1.60 bits per heavy atom. The van der Waals surface area contributed by atoms with Gasteiger partial charge in [-0.2, -0.15) is 11.8 Å². The molecular weight excluding hydrogens is 288 g/mol. The van der Waals surface area contributed by atoms with Crippen molar-refractivity contribution in [2.24, 2.45) is 11.8 Å². The molecule has 0 radical (unpaired) electrons. The molecule has 0 saturated carbocycles. The molecule has 2 aliphatic rings. The standard InChI is InChI=1S/C15H24N2OS2/c1-2-11-4-7-20-14(11)13(17-16)12-3-6-18-15(9-12)5-8-19-10-15/h4,7,12-13,17H,2-3,5-6,8-10,16H2,1H3. The molecule has 0 aliphatic carbocycles. The van der Waals surface area contributed by atoms with E-state index >= 15 is 0 Å². The second-order valence-electron chi connectivity index (χ2n) is 5.89. The summed E-state index contributed by atoms with van der Waals surface area (Å²) < 4.78 is 6.14. The molecule has 0 bridgehead atoms. The lowest BCUT2D eigenvalue weighted by Gasteiger charge is -2.40. The van der Waals surface area contributed by atoms with Crippen LogP contribution in [0.4, 0.5) is 0 Å². The SMILES string of the molecule is CCc1ccsc1C(NN)C1CCOC2(CCSC2)C1. The number of nitrogens with one attached hydrogen (secondary N) is 1. The van der Waals surface area contributed by atoms with Crippen molar-refractivity contribution in [3.05, 3.63) is 21.9 Å². The average Bonchev–Trinajstić information content (AvgIpc) is 3.10. The van der Waals surface area contributed by atoms with Gasteiger partial charge in [0.2, 0.25) is 0 Å². The Kier molecular flexibility index (Phi) is 4.72. The summed E-state index contributed by atoms with van der Waals surface area (Å²) in [6.45, 7) is 3.11. The average molecular weight is 313 g/mol. The van der Waals surface area contributed by atoms with Gasteiger partial charge in [0.15, 0.2) is 0 Å². The maximum atomic E-state index is 6.14. The fraction of sp³-hybridized carbons (Fsp3) is 0.733. The van der Waals surface area contributed by atoms with E-state index < -0.39 is 0 Å². The molecule has 1 aromatic heterocycles. The Labute approximate surface area is 129 Å². The number of thioether (sulfide) groups is 1. The first-order valence-electron chi connectivity index (χ1n) is 7.52. The van der Waals surface area contributed by atoms with Gasteiger partial charge in [0, 0.05) is 17.2 Å². The van der Waals surface area contributed by atoms with Crippen molar-refractivity contribution >= 4 is 23.1 Å². The summed E-state index contributed by atoms with van der Waals surface area (Å²) in [5, 5.41) is 2.19. The fourth-order valence-electron chi connectivity index (χ4n) is 3.55. The highest BCUT2D eigenvalue weighted by molar-refractivity contribution is 7.99. The van der Waals surface area contributed by atoms with Crippen molar-refractivity contribution in [3.8, 4) is 0 Å². The molecule has 2 fully saturated rings. The van der Waals surface area contributed by atoms with Crippen LogP contribution < -0.4 is 11.3 Å². The summed E-state index contributed by atoms with van der Waals surface area (Å²) in [4.78, 5) is 1.43. The van der Waals surface area contributed by atoms with Crippen LogP contribution in [0.2, 0.25) is 0 Å². The number of ether oxygens (including phenoxy) is 1. The first kappa shape index (κ1) is 14.9. The summed E-state index contributed by atoms with van der Waals surface area (Å²) >= 11 is 3.87. The lowest BCUT2D eigenvalue weighted by molar-refractivity contribution is -0.0852. The van der Waals surface area contributed by atoms with E-state index in [4.69, 9.17) is 10.6 Å². The van der Waals surface area contributed by atoms with Crippen LogP contribution in [0, 0.1) is 5.92 Å². The van der Waals surface area contributed by atoms with Crippen molar-refractivity contribution in [1.82, 2.24) is 5.43 Å². The molecule has 112 valence electrons. The molecule has 0 amide bonds. The van der Waals surface area contributed by atoms with Gasteiger partial charge in [-0.25, -0.2) is 0 Å². The van der Waals surface area contributed by atoms with Gasteiger partial charge in [-0.05, 0) is 54.4 Å². The molecule has 1 aromatic rings. The van der Waals surface area contributed by atoms with Gasteiger partial charge < -0.3 is 4.74 Å². The molecule has 5 heteroatoms. The lowest BCUT2D eigenvalue weighted by Crippen LogP contribution is -2.45. The third kappa shape index (κ3) is 2.79. The van der Waals surface area contributed by atoms with Crippen LogP contribution in [0.5, 0.6) is 0 Å². The normalized spacial score (nSPS) is 31.8. The van der Waals surface area contributed by atoms with Crippen LogP contribution in [0.1, 0.15) is 42.7 Å². The molecule has 3 unspecified atom stereocenters. The van der Waals surface area contributed by atoms with Gasteiger partial charge in [0.1, 0.15) is 0 Å². The van der Waals surface area contributed by atoms with E-state index in [9.17, 15) is 0 Å². The van der Waals surface area contributed by atoms with Crippen molar-refractivity contribution in [1.29, 1.82) is 0 Å². The number of hydrazine groups is 1. The van der Waals surface area contributed by atoms with E-state index in [1.165, 1.54) is 22.6 Å². The first-order valence-corrected chi connectivity index (χ1v) is 9.55. The first-order chi connectivity index (χ1) is 9.78. The lowest BCUT2D eigenvalue weighted by atomic mass is 9.80. The van der Waals surface area contributed by atoms with E-state index in [1.807, 2.05) is 23.1 Å². The molecule has 2 aliphatic heterocycles. The Morgan fingerprint density at radius 2 is 2.50 bits per heavy atom. The molecule has 1 spiro atoms. The number of hydrogen-bond acceptors (Lipinski definition) is 5. The van der Waals surface area contributed by atoms with E-state index in [2.05, 4.69) is 23.8 Å². The summed E-state index contributed by atoms with van der Waals surface area (Å²) in [5.74, 6) is 8.91. The van der Waals surface area contributed by atoms with Gasteiger partial charge in [-0.3, -0.25) is 11.3 Å². The number of aryl methyl sites for hydroxylation is 1. The van der Waals surface area contributed by atoms with Gasteiger partial charge in [0.25, 0.3) is 0 Å². The fourth-order valence-corrected chi connectivity index (χ4v) is 6.08. The highest BCUT2D eigenvalue weighted by atomic mass is 32.2. The summed E-state index contributed by atoms with van der Waals surface area (Å²) in [7, 11) is 0. The topological polar surface area (TPSA) is 47.3 Å². The molecule has 3 nitrogen and oxygen atoms in total. The van der Waals surface area contributed by atoms with Crippen LogP contribution in [0.25, 0.3) is 0 Å². The summed E-state index contributed by atoms with van der Waals surface area (Å²) in [6, 6.07) is 2.53. The molecule has 20 heavy (non-hydrogen) atoms. The summed E-state index contributed by atoms with van der Waals surface area (Å²) in [5.41, 5.74) is 4.68. The van der Waals surface area contributed by atoms with Crippen molar-refractivity contribution in [2.75, 3.05) is 18.1 Å². The zero-order chi connectivity index (χ0) is 14.0. The quantitative estimate of drug-likeness (QED) is 0.662. The van der Waals surface area contributed by atoms with Gasteiger partial charge in [-0.15, -0.1) is 11.3 Å². The summed E-state index contributed by atoms with van der Waals surface area (Å²) in [6.07, 6.45) is 4.55. The predicted octanol–water partition coefficient (Wildman–Crippen LogP) is 3.12. The minimum atomic E-state index is 0.131. The Balaban J connectivity index is 1.78. The molecular formula is C15H24N2OS2. The van der Waals surface area contributed by atoms with Crippen LogP contribution in [0.3, 0.4) is 0 Å². The highest BCUT2D eigenvalue weighted by Crippen LogP contribution is 2.45. The van der Waals surface area contributed by atoms with Gasteiger partial charge in [0.05, 0.1) is 11.6 Å². The third-order valence-electron chi connectivity index (χ3n) is 4.69. The van der Waals surface area contributed by atoms with Gasteiger partial charge in [-0.1, -0.05) is 6.92 Å². The monoisotopic (exact) mass is 312 g/mol. The van der Waals surface area contributed by atoms with E-state index in [0.717, 1.165) is 31.6 Å². The molecule has 0 aromatic carbocycles. The zero-order valence-corrected chi connectivity index (χ0v) is 13.7. The maximum absolute atomic E-state index is 6.14. The Bertz CT molecular complexity index is 443. The predicted molar refractivity (Wildman–Crippen MR) is 87.1 cm³/mol. The van der Waals surface area contributed by atoms with Crippen molar-refractivity contribution in [3.63, 3.8) is 0 Å². The second-order valence-corrected chi connectivity index (χ2v) is 7.95. The number of rotatable bonds is 4. The Morgan fingerprint density at radius 3 is 3.20 bits per heavy atom. The second kappa shape index (κ2) is 6.36. The van der Waals surface area contributed by atoms with E-state index in [1.54, 1.807) is 0 Å². The van der Waals surface area contributed by atoms with E-state index in [0.29, 0.717) is 5.92 Å². The molecule has 3 rings (SSSR count). The molecule has 3 atom stereocenters. The maximum Gasteiger partial charge on any atom is 0.0783 e. The van der Waals surface area contributed by atoms with Crippen molar-refractivity contribution in [2.45, 2.75) is 44.2 Å². The van der Waals surface area contributed by atoms with E-state index in [-0.39, 0.29) is 11.6 Å². The highest BCUT2D eigenvalue weighted by Gasteiger charge is 2.43. The largest absolute Gasteiger partial charge is 0.374 e. The number of hydrogen-bond donors (Lipinski definition) is 2. The molecule has 3 heterocycles.